The fourth-order valence-corrected chi connectivity index (χ4v) is 3.32. The molecule has 0 aliphatic rings. The van der Waals surface area contributed by atoms with Crippen LogP contribution in [0.2, 0.25) is 0 Å². The number of carboxylic acid groups (broad SMARTS) is 1. The number of esters is 1. The van der Waals surface area contributed by atoms with E-state index in [9.17, 15) is 27.6 Å². The van der Waals surface area contributed by atoms with Crippen molar-refractivity contribution in [2.24, 2.45) is 11.7 Å². The first kappa shape index (κ1) is 34.9. The van der Waals surface area contributed by atoms with Gasteiger partial charge in [-0.25, -0.2) is 9.59 Å². The van der Waals surface area contributed by atoms with Gasteiger partial charge in [0.25, 0.3) is 0 Å². The van der Waals surface area contributed by atoms with Crippen molar-refractivity contribution in [2.75, 3.05) is 7.11 Å². The van der Waals surface area contributed by atoms with E-state index < -0.39 is 48.1 Å². The Morgan fingerprint density at radius 3 is 1.95 bits per heavy atom. The Morgan fingerprint density at radius 2 is 1.46 bits per heavy atom. The highest BCUT2D eigenvalue weighted by molar-refractivity contribution is 5.91. The zero-order valence-electron chi connectivity index (χ0n) is 23.2. The standard InChI is InChI=1S/C26H35N3O5.C2HF3O2/c1-17(2)14-23(26(32)33-4)29-24(30)18(3)28-25(31)22(27)15-19-10-12-21(13-11-19)34-16-20-8-6-5-7-9-20;3-2(4,5)1(6)7/h5-13,17-18,22-23H,14-16,27H2,1-4H3,(H,28,31)(H,29,30);(H,6,7)/t18-,22+,23+;/m1./s1. The Bertz CT molecular complexity index is 1130. The summed E-state index contributed by atoms with van der Waals surface area (Å²) in [7, 11) is 1.27. The van der Waals surface area contributed by atoms with Crippen molar-refractivity contribution in [2.45, 2.75) is 64.5 Å². The van der Waals surface area contributed by atoms with Crippen molar-refractivity contribution in [3.05, 3.63) is 65.7 Å². The van der Waals surface area contributed by atoms with Crippen molar-refractivity contribution in [3.63, 3.8) is 0 Å². The lowest BCUT2D eigenvalue weighted by Crippen LogP contribution is -2.53. The molecule has 226 valence electrons. The van der Waals surface area contributed by atoms with Crippen molar-refractivity contribution in [1.82, 2.24) is 10.6 Å². The van der Waals surface area contributed by atoms with E-state index in [0.717, 1.165) is 16.9 Å². The van der Waals surface area contributed by atoms with E-state index in [4.69, 9.17) is 25.1 Å². The lowest BCUT2D eigenvalue weighted by atomic mass is 10.0. The van der Waals surface area contributed by atoms with E-state index in [2.05, 4.69) is 10.6 Å². The number of ether oxygens (including phenoxy) is 2. The van der Waals surface area contributed by atoms with E-state index in [1.807, 2.05) is 68.4 Å². The highest BCUT2D eigenvalue weighted by Crippen LogP contribution is 2.15. The number of rotatable bonds is 12. The third-order valence-electron chi connectivity index (χ3n) is 5.47. The Hall–Kier alpha value is -4.13. The normalized spacial score (nSPS) is 13.1. The van der Waals surface area contributed by atoms with Gasteiger partial charge in [0, 0.05) is 0 Å². The number of hydrogen-bond donors (Lipinski definition) is 4. The number of carbonyl (C=O) groups excluding carboxylic acids is 3. The minimum atomic E-state index is -5.08. The van der Waals surface area contributed by atoms with Crippen LogP contribution in [0.25, 0.3) is 0 Å². The number of benzene rings is 2. The quantitative estimate of drug-likeness (QED) is 0.278. The summed E-state index contributed by atoms with van der Waals surface area (Å²) in [5.74, 6) is -3.31. The maximum absolute atomic E-state index is 12.5. The highest BCUT2D eigenvalue weighted by Gasteiger charge is 2.38. The van der Waals surface area contributed by atoms with Crippen LogP contribution in [0.5, 0.6) is 5.75 Å². The first-order valence-electron chi connectivity index (χ1n) is 12.6. The molecule has 2 rings (SSSR count). The van der Waals surface area contributed by atoms with Gasteiger partial charge in [-0.3, -0.25) is 9.59 Å². The van der Waals surface area contributed by atoms with E-state index >= 15 is 0 Å². The van der Waals surface area contributed by atoms with Crippen LogP contribution in [0.1, 0.15) is 38.3 Å². The third kappa shape index (κ3) is 13.7. The minimum absolute atomic E-state index is 0.179. The second-order valence-electron chi connectivity index (χ2n) is 9.48. The number of nitrogens with two attached hydrogens (primary N) is 1. The molecule has 0 saturated heterocycles. The number of aliphatic carboxylic acids is 1. The molecule has 2 aromatic rings. The predicted octanol–water partition coefficient (Wildman–Crippen LogP) is 2.98. The Labute approximate surface area is 236 Å². The summed E-state index contributed by atoms with van der Waals surface area (Å²) in [6.07, 6.45) is -4.35. The Balaban J connectivity index is 0.00000106. The van der Waals surface area contributed by atoms with Crippen LogP contribution in [-0.4, -0.2) is 60.3 Å². The molecule has 10 nitrogen and oxygen atoms in total. The van der Waals surface area contributed by atoms with Crippen LogP contribution < -0.4 is 21.1 Å². The van der Waals surface area contributed by atoms with Gasteiger partial charge < -0.3 is 30.9 Å². The maximum Gasteiger partial charge on any atom is 0.490 e. The number of halogens is 3. The summed E-state index contributed by atoms with van der Waals surface area (Å²) in [6.45, 7) is 5.89. The molecule has 0 saturated carbocycles. The summed E-state index contributed by atoms with van der Waals surface area (Å²) in [6, 6.07) is 14.8. The molecule has 3 atom stereocenters. The van der Waals surface area contributed by atoms with E-state index in [-0.39, 0.29) is 5.92 Å². The topological polar surface area (TPSA) is 157 Å². The second kappa shape index (κ2) is 16.9. The number of nitrogens with one attached hydrogen (secondary N) is 2. The van der Waals surface area contributed by atoms with Crippen LogP contribution in [-0.2, 0) is 36.9 Å². The van der Waals surface area contributed by atoms with E-state index in [0.29, 0.717) is 19.4 Å². The molecule has 0 bridgehead atoms. The largest absolute Gasteiger partial charge is 0.490 e. The zero-order valence-corrected chi connectivity index (χ0v) is 23.2. The maximum atomic E-state index is 12.5. The number of hydrogen-bond acceptors (Lipinski definition) is 7. The number of carbonyl (C=O) groups is 4. The van der Waals surface area contributed by atoms with Gasteiger partial charge in [0.15, 0.2) is 0 Å². The monoisotopic (exact) mass is 583 g/mol. The van der Waals surface area contributed by atoms with Crippen LogP contribution in [0, 0.1) is 5.92 Å². The highest BCUT2D eigenvalue weighted by atomic mass is 19.4. The van der Waals surface area contributed by atoms with Crippen LogP contribution >= 0.6 is 0 Å². The number of amides is 2. The average molecular weight is 584 g/mol. The Morgan fingerprint density at radius 1 is 0.902 bits per heavy atom. The molecule has 2 amide bonds. The molecule has 0 heterocycles. The molecule has 0 fully saturated rings. The molecule has 5 N–H and O–H groups in total. The third-order valence-corrected chi connectivity index (χ3v) is 5.47. The van der Waals surface area contributed by atoms with Gasteiger partial charge in [-0.05, 0) is 48.9 Å². The van der Waals surface area contributed by atoms with Crippen molar-refractivity contribution < 1.29 is 46.9 Å². The predicted molar refractivity (Wildman–Crippen MR) is 144 cm³/mol. The first-order chi connectivity index (χ1) is 19.1. The Kier molecular flexibility index (Phi) is 14.3. The molecule has 41 heavy (non-hydrogen) atoms. The number of methoxy groups -OCH3 is 1. The zero-order chi connectivity index (χ0) is 31.2. The van der Waals surface area contributed by atoms with Gasteiger partial charge >= 0.3 is 18.1 Å². The average Bonchev–Trinajstić information content (AvgIpc) is 2.91. The summed E-state index contributed by atoms with van der Waals surface area (Å²) in [4.78, 5) is 45.8. The summed E-state index contributed by atoms with van der Waals surface area (Å²) in [5, 5.41) is 12.4. The van der Waals surface area contributed by atoms with Gasteiger partial charge in [0.2, 0.25) is 11.8 Å². The fourth-order valence-electron chi connectivity index (χ4n) is 3.32. The molecule has 0 spiro atoms. The lowest BCUT2D eigenvalue weighted by molar-refractivity contribution is -0.192. The molecule has 0 aliphatic heterocycles. The molecular weight excluding hydrogens is 547 g/mol. The second-order valence-corrected chi connectivity index (χ2v) is 9.48. The molecule has 0 aromatic heterocycles. The smallest absolute Gasteiger partial charge is 0.489 e. The fraction of sp³-hybridized carbons (Fsp3) is 0.429. The van der Waals surface area contributed by atoms with Gasteiger partial charge in [0.05, 0.1) is 13.2 Å². The van der Waals surface area contributed by atoms with Crippen molar-refractivity contribution >= 4 is 23.8 Å². The molecule has 13 heteroatoms. The van der Waals surface area contributed by atoms with Gasteiger partial charge in [0.1, 0.15) is 24.4 Å². The molecule has 0 aliphatic carbocycles. The lowest BCUT2D eigenvalue weighted by Gasteiger charge is -2.22. The SMILES string of the molecule is COC(=O)[C@H](CC(C)C)NC(=O)[C@@H](C)NC(=O)[C@@H](N)Cc1ccc(OCc2ccccc2)cc1.O=C(O)C(F)(F)F. The molecule has 0 radical (unpaired) electrons. The van der Waals surface area contributed by atoms with Gasteiger partial charge in [-0.15, -0.1) is 0 Å². The van der Waals surface area contributed by atoms with E-state index in [1.165, 1.54) is 7.11 Å². The summed E-state index contributed by atoms with van der Waals surface area (Å²) >= 11 is 0. The van der Waals surface area contributed by atoms with Crippen LogP contribution in [0.4, 0.5) is 13.2 Å². The number of carboxylic acids is 1. The summed E-state index contributed by atoms with van der Waals surface area (Å²) in [5.41, 5.74) is 8.00. The first-order valence-corrected chi connectivity index (χ1v) is 12.6. The van der Waals surface area contributed by atoms with Crippen molar-refractivity contribution in [1.29, 1.82) is 0 Å². The summed E-state index contributed by atoms with van der Waals surface area (Å²) < 4.78 is 42.3. The minimum Gasteiger partial charge on any atom is -0.489 e. The van der Waals surface area contributed by atoms with Crippen LogP contribution in [0.15, 0.2) is 54.6 Å². The number of alkyl halides is 3. The molecular formula is C28H36F3N3O7. The molecule has 2 aromatic carbocycles. The molecule has 0 unspecified atom stereocenters. The van der Waals surface area contributed by atoms with Crippen molar-refractivity contribution in [3.8, 4) is 5.75 Å². The van der Waals surface area contributed by atoms with Gasteiger partial charge in [-0.1, -0.05) is 56.3 Å². The van der Waals surface area contributed by atoms with Crippen LogP contribution in [0.3, 0.4) is 0 Å². The van der Waals surface area contributed by atoms with Gasteiger partial charge in [-0.2, -0.15) is 13.2 Å². The van der Waals surface area contributed by atoms with E-state index in [1.54, 1.807) is 6.92 Å².